The number of carbonyl (C=O) groups excluding carboxylic acids is 2. The fourth-order valence-electron chi connectivity index (χ4n) is 2.78. The molecule has 1 aromatic rings. The predicted octanol–water partition coefficient (Wildman–Crippen LogP) is 4.57. The standard InChI is InChI=1S/C21H33NO5/c1-7-9-10-13-21(5,26-8-2)20(24)22-16-11-12-18(27-15(3)4)17(14-16)19(23)25-6/h11-12,14-15H,7-10,13H2,1-6H3,(H,22,24)/t21-/m0/s1. The van der Waals surface area contributed by atoms with E-state index in [0.717, 1.165) is 19.3 Å². The molecule has 6 nitrogen and oxygen atoms in total. The van der Waals surface area contributed by atoms with E-state index in [9.17, 15) is 9.59 Å². The quantitative estimate of drug-likeness (QED) is 0.450. The Morgan fingerprint density at radius 3 is 2.44 bits per heavy atom. The highest BCUT2D eigenvalue weighted by atomic mass is 16.5. The number of carbonyl (C=O) groups is 2. The predicted molar refractivity (Wildman–Crippen MR) is 106 cm³/mol. The minimum absolute atomic E-state index is 0.0892. The third-order valence-corrected chi connectivity index (χ3v) is 4.21. The van der Waals surface area contributed by atoms with Gasteiger partial charge in [0.2, 0.25) is 0 Å². The van der Waals surface area contributed by atoms with Crippen LogP contribution in [-0.4, -0.2) is 37.3 Å². The van der Waals surface area contributed by atoms with Crippen molar-refractivity contribution in [3.8, 4) is 5.75 Å². The zero-order chi connectivity index (χ0) is 20.4. The van der Waals surface area contributed by atoms with Gasteiger partial charge in [0.05, 0.1) is 13.2 Å². The Morgan fingerprint density at radius 2 is 1.89 bits per heavy atom. The summed E-state index contributed by atoms with van der Waals surface area (Å²) in [5.41, 5.74) is -0.145. The van der Waals surface area contributed by atoms with Gasteiger partial charge in [-0.2, -0.15) is 0 Å². The molecule has 0 aliphatic carbocycles. The molecule has 0 heterocycles. The van der Waals surface area contributed by atoms with Crippen LogP contribution in [0.25, 0.3) is 0 Å². The van der Waals surface area contributed by atoms with Crippen molar-refractivity contribution in [1.82, 2.24) is 0 Å². The minimum atomic E-state index is -0.914. The molecule has 0 unspecified atom stereocenters. The molecule has 1 N–H and O–H groups in total. The fraction of sp³-hybridized carbons (Fsp3) is 0.619. The van der Waals surface area contributed by atoms with Gasteiger partial charge in [0.15, 0.2) is 0 Å². The monoisotopic (exact) mass is 379 g/mol. The molecular formula is C21H33NO5. The van der Waals surface area contributed by atoms with Crippen molar-refractivity contribution in [2.24, 2.45) is 0 Å². The molecule has 152 valence electrons. The van der Waals surface area contributed by atoms with Crippen LogP contribution in [0.2, 0.25) is 0 Å². The highest BCUT2D eigenvalue weighted by molar-refractivity contribution is 5.99. The molecule has 6 heteroatoms. The van der Waals surface area contributed by atoms with Crippen LogP contribution in [0, 0.1) is 0 Å². The molecule has 0 spiro atoms. The van der Waals surface area contributed by atoms with Crippen molar-refractivity contribution >= 4 is 17.6 Å². The summed E-state index contributed by atoms with van der Waals surface area (Å²) in [6.45, 7) is 10.00. The summed E-state index contributed by atoms with van der Waals surface area (Å²) in [5, 5.41) is 2.87. The van der Waals surface area contributed by atoms with Gasteiger partial charge in [-0.05, 0) is 52.3 Å². The first kappa shape index (κ1) is 23.0. The maximum atomic E-state index is 12.8. The smallest absolute Gasteiger partial charge is 0.341 e. The first-order chi connectivity index (χ1) is 12.8. The number of nitrogens with one attached hydrogen (secondary N) is 1. The number of methoxy groups -OCH3 is 1. The first-order valence-electron chi connectivity index (χ1n) is 9.61. The van der Waals surface area contributed by atoms with Crippen LogP contribution in [0.3, 0.4) is 0 Å². The van der Waals surface area contributed by atoms with E-state index in [0.29, 0.717) is 24.5 Å². The van der Waals surface area contributed by atoms with Gasteiger partial charge in [-0.1, -0.05) is 26.2 Å². The van der Waals surface area contributed by atoms with Crippen molar-refractivity contribution in [1.29, 1.82) is 0 Å². The summed E-state index contributed by atoms with van der Waals surface area (Å²) in [4.78, 5) is 24.9. The van der Waals surface area contributed by atoms with E-state index >= 15 is 0 Å². The van der Waals surface area contributed by atoms with Crippen molar-refractivity contribution in [3.05, 3.63) is 23.8 Å². The van der Waals surface area contributed by atoms with Crippen molar-refractivity contribution < 1.29 is 23.8 Å². The Bertz CT molecular complexity index is 629. The van der Waals surface area contributed by atoms with Gasteiger partial charge in [0.1, 0.15) is 16.9 Å². The molecule has 1 atom stereocenters. The molecule has 0 radical (unpaired) electrons. The zero-order valence-electron chi connectivity index (χ0n) is 17.4. The van der Waals surface area contributed by atoms with E-state index in [4.69, 9.17) is 14.2 Å². The van der Waals surface area contributed by atoms with Crippen LogP contribution < -0.4 is 10.1 Å². The topological polar surface area (TPSA) is 73.9 Å². The summed E-state index contributed by atoms with van der Waals surface area (Å²) in [6.07, 6.45) is 3.58. The number of rotatable bonds is 11. The molecule has 1 aromatic carbocycles. The number of hydrogen-bond acceptors (Lipinski definition) is 5. The van der Waals surface area contributed by atoms with Crippen molar-refractivity contribution in [2.45, 2.75) is 72.0 Å². The lowest BCUT2D eigenvalue weighted by molar-refractivity contribution is -0.139. The maximum absolute atomic E-state index is 12.8. The van der Waals surface area contributed by atoms with E-state index in [1.165, 1.54) is 7.11 Å². The summed E-state index contributed by atoms with van der Waals surface area (Å²) in [5.74, 6) is -0.323. The van der Waals surface area contributed by atoms with Gasteiger partial charge in [-0.3, -0.25) is 4.79 Å². The Labute approximate surface area is 162 Å². The van der Waals surface area contributed by atoms with Gasteiger partial charge < -0.3 is 19.5 Å². The molecule has 0 saturated carbocycles. The number of anilines is 1. The van der Waals surface area contributed by atoms with E-state index in [-0.39, 0.29) is 17.6 Å². The Hall–Kier alpha value is -2.08. The summed E-state index contributed by atoms with van der Waals surface area (Å²) in [7, 11) is 1.31. The second-order valence-corrected chi connectivity index (χ2v) is 6.94. The third kappa shape index (κ3) is 6.86. The van der Waals surface area contributed by atoms with Gasteiger partial charge in [0.25, 0.3) is 5.91 Å². The van der Waals surface area contributed by atoms with Crippen LogP contribution >= 0.6 is 0 Å². The minimum Gasteiger partial charge on any atom is -0.490 e. The highest BCUT2D eigenvalue weighted by Gasteiger charge is 2.33. The molecule has 0 aliphatic heterocycles. The Kier molecular flexibility index (Phi) is 9.29. The SMILES string of the molecule is CCCCC[C@](C)(OCC)C(=O)Nc1ccc(OC(C)C)c(C(=O)OC)c1. The molecule has 0 aromatic heterocycles. The first-order valence-corrected chi connectivity index (χ1v) is 9.61. The van der Waals surface area contributed by atoms with Gasteiger partial charge in [-0.25, -0.2) is 4.79 Å². The number of ether oxygens (including phenoxy) is 3. The zero-order valence-corrected chi connectivity index (χ0v) is 17.4. The normalized spacial score (nSPS) is 13.1. The average molecular weight is 379 g/mol. The second kappa shape index (κ2) is 10.9. The third-order valence-electron chi connectivity index (χ3n) is 4.21. The van der Waals surface area contributed by atoms with Crippen LogP contribution in [0.15, 0.2) is 18.2 Å². The number of benzene rings is 1. The molecule has 27 heavy (non-hydrogen) atoms. The Morgan fingerprint density at radius 1 is 1.19 bits per heavy atom. The average Bonchev–Trinajstić information content (AvgIpc) is 2.62. The second-order valence-electron chi connectivity index (χ2n) is 6.94. The number of esters is 1. The van der Waals surface area contributed by atoms with E-state index < -0.39 is 11.6 Å². The lowest BCUT2D eigenvalue weighted by Gasteiger charge is -2.28. The largest absolute Gasteiger partial charge is 0.490 e. The molecule has 0 saturated heterocycles. The molecule has 0 bridgehead atoms. The number of hydrogen-bond donors (Lipinski definition) is 1. The number of unbranched alkanes of at least 4 members (excludes halogenated alkanes) is 2. The molecule has 1 amide bonds. The van der Waals surface area contributed by atoms with Crippen LogP contribution in [0.4, 0.5) is 5.69 Å². The lowest BCUT2D eigenvalue weighted by Crippen LogP contribution is -2.42. The Balaban J connectivity index is 3.03. The van der Waals surface area contributed by atoms with Crippen LogP contribution in [-0.2, 0) is 14.3 Å². The highest BCUT2D eigenvalue weighted by Crippen LogP contribution is 2.27. The molecule has 1 rings (SSSR count). The van der Waals surface area contributed by atoms with Crippen molar-refractivity contribution in [3.63, 3.8) is 0 Å². The molecule has 0 aliphatic rings. The van der Waals surface area contributed by atoms with Crippen molar-refractivity contribution in [2.75, 3.05) is 19.0 Å². The fourth-order valence-corrected chi connectivity index (χ4v) is 2.78. The summed E-state index contributed by atoms with van der Waals surface area (Å²) >= 11 is 0. The van der Waals surface area contributed by atoms with E-state index in [1.807, 2.05) is 20.8 Å². The van der Waals surface area contributed by atoms with E-state index in [1.54, 1.807) is 25.1 Å². The number of amides is 1. The molecule has 0 fully saturated rings. The van der Waals surface area contributed by atoms with Gasteiger partial charge >= 0.3 is 5.97 Å². The maximum Gasteiger partial charge on any atom is 0.341 e. The van der Waals surface area contributed by atoms with E-state index in [2.05, 4.69) is 12.2 Å². The van der Waals surface area contributed by atoms with Gasteiger partial charge in [0, 0.05) is 12.3 Å². The van der Waals surface area contributed by atoms with Gasteiger partial charge in [-0.15, -0.1) is 0 Å². The lowest BCUT2D eigenvalue weighted by atomic mass is 9.96. The van der Waals surface area contributed by atoms with Crippen LogP contribution in [0.1, 0.15) is 70.7 Å². The summed E-state index contributed by atoms with van der Waals surface area (Å²) < 4.78 is 16.3. The summed E-state index contributed by atoms with van der Waals surface area (Å²) in [6, 6.07) is 4.94. The van der Waals surface area contributed by atoms with Crippen LogP contribution in [0.5, 0.6) is 5.75 Å². The molecular weight excluding hydrogens is 346 g/mol.